The van der Waals surface area contributed by atoms with Gasteiger partial charge in [0.1, 0.15) is 0 Å². The van der Waals surface area contributed by atoms with Gasteiger partial charge in [-0.25, -0.2) is 0 Å². The summed E-state index contributed by atoms with van der Waals surface area (Å²) in [6.45, 7) is 5.30. The van der Waals surface area contributed by atoms with E-state index in [0.717, 1.165) is 24.5 Å². The van der Waals surface area contributed by atoms with Crippen LogP contribution in [0.2, 0.25) is 0 Å². The summed E-state index contributed by atoms with van der Waals surface area (Å²) in [7, 11) is 3.81. The minimum absolute atomic E-state index is 0.183. The number of Topliss-reactive ketones (excluding diaryl/α,β-unsaturated/α-hetero) is 1. The van der Waals surface area contributed by atoms with Gasteiger partial charge in [0, 0.05) is 18.0 Å². The van der Waals surface area contributed by atoms with E-state index in [1.807, 2.05) is 6.07 Å². The van der Waals surface area contributed by atoms with Crippen molar-refractivity contribution in [1.82, 2.24) is 4.90 Å². The second-order valence-electron chi connectivity index (χ2n) is 6.99. The first-order valence-corrected chi connectivity index (χ1v) is 8.29. The number of fused-ring (bicyclic) bond motifs is 1. The largest absolute Gasteiger partial charge is 0.493 e. The summed E-state index contributed by atoms with van der Waals surface area (Å²) in [4.78, 5) is 15.0. The van der Waals surface area contributed by atoms with Crippen LogP contribution in [0, 0.1) is 6.92 Å². The molecule has 1 aromatic rings. The number of carbonyl (C=O) groups is 1. The molecule has 3 atom stereocenters. The van der Waals surface area contributed by atoms with E-state index in [9.17, 15) is 4.79 Å². The van der Waals surface area contributed by atoms with E-state index >= 15 is 0 Å². The Morgan fingerprint density at radius 3 is 2.91 bits per heavy atom. The number of hydrogen-bond acceptors (Lipinski definition) is 4. The van der Waals surface area contributed by atoms with Crippen LogP contribution in [0.1, 0.15) is 30.9 Å². The number of allylic oxidation sites excluding steroid dienone is 1. The number of ether oxygens (including phenoxy) is 2. The highest BCUT2D eigenvalue weighted by Gasteiger charge is 2.59. The molecule has 3 aliphatic rings. The number of rotatable bonds is 1. The molecule has 1 unspecified atom stereocenters. The predicted molar refractivity (Wildman–Crippen MR) is 88.2 cm³/mol. The molecule has 0 radical (unpaired) electrons. The molecule has 4 rings (SSSR count). The summed E-state index contributed by atoms with van der Waals surface area (Å²) in [6, 6.07) is 4.34. The molecule has 4 nitrogen and oxygen atoms in total. The number of likely N-dealkylation sites (tertiary alicyclic amines) is 1. The number of benzene rings is 1. The van der Waals surface area contributed by atoms with E-state index in [1.54, 1.807) is 7.11 Å². The molecule has 0 bridgehead atoms. The van der Waals surface area contributed by atoms with Crippen molar-refractivity contribution in [3.05, 3.63) is 34.9 Å². The van der Waals surface area contributed by atoms with Gasteiger partial charge in [-0.1, -0.05) is 12.1 Å². The van der Waals surface area contributed by atoms with Gasteiger partial charge in [0.15, 0.2) is 23.4 Å². The van der Waals surface area contributed by atoms with Gasteiger partial charge in [-0.2, -0.15) is 0 Å². The molecule has 1 spiro atoms. The average Bonchev–Trinajstić information content (AvgIpc) is 2.89. The molecule has 4 heteroatoms. The van der Waals surface area contributed by atoms with E-state index in [1.165, 1.54) is 16.7 Å². The van der Waals surface area contributed by atoms with Crippen LogP contribution >= 0.6 is 0 Å². The number of ketones is 1. The third-order valence-corrected chi connectivity index (χ3v) is 5.98. The Morgan fingerprint density at radius 1 is 1.39 bits per heavy atom. The van der Waals surface area contributed by atoms with Gasteiger partial charge < -0.3 is 9.47 Å². The summed E-state index contributed by atoms with van der Waals surface area (Å²) < 4.78 is 11.7. The molecule has 122 valence electrons. The quantitative estimate of drug-likeness (QED) is 0.747. The summed E-state index contributed by atoms with van der Waals surface area (Å²) in [5.74, 6) is 1.69. The highest BCUT2D eigenvalue weighted by Crippen LogP contribution is 2.58. The van der Waals surface area contributed by atoms with Gasteiger partial charge in [0.05, 0.1) is 12.5 Å². The Bertz CT molecular complexity index is 724. The zero-order chi connectivity index (χ0) is 16.4. The van der Waals surface area contributed by atoms with Crippen molar-refractivity contribution >= 4 is 5.78 Å². The maximum absolute atomic E-state index is 12.7. The minimum Gasteiger partial charge on any atom is -0.493 e. The van der Waals surface area contributed by atoms with E-state index in [0.29, 0.717) is 12.5 Å². The number of piperidine rings is 1. The van der Waals surface area contributed by atoms with Gasteiger partial charge >= 0.3 is 0 Å². The molecule has 1 aromatic carbocycles. The third-order valence-electron chi connectivity index (χ3n) is 5.98. The van der Waals surface area contributed by atoms with Crippen molar-refractivity contribution in [1.29, 1.82) is 0 Å². The first-order valence-electron chi connectivity index (χ1n) is 8.29. The fourth-order valence-corrected chi connectivity index (χ4v) is 4.71. The number of aryl methyl sites for hydroxylation is 1. The maximum atomic E-state index is 12.7. The van der Waals surface area contributed by atoms with Crippen LogP contribution in [0.3, 0.4) is 0 Å². The van der Waals surface area contributed by atoms with E-state index in [-0.39, 0.29) is 11.2 Å². The van der Waals surface area contributed by atoms with Crippen molar-refractivity contribution in [2.24, 2.45) is 0 Å². The molecular formula is C19H23NO3. The summed E-state index contributed by atoms with van der Waals surface area (Å²) in [5, 5.41) is 0. The van der Waals surface area contributed by atoms with Crippen LogP contribution < -0.4 is 9.47 Å². The van der Waals surface area contributed by atoms with Crippen molar-refractivity contribution in [2.75, 3.05) is 20.7 Å². The molecule has 1 fully saturated rings. The fraction of sp³-hybridized carbons (Fsp3) is 0.526. The first kappa shape index (κ1) is 14.8. The summed E-state index contributed by atoms with van der Waals surface area (Å²) >= 11 is 0. The smallest absolute Gasteiger partial charge is 0.178 e. The normalized spacial score (nSPS) is 32.5. The van der Waals surface area contributed by atoms with Crippen LogP contribution in [0.15, 0.2) is 23.8 Å². The van der Waals surface area contributed by atoms with Crippen LogP contribution in [0.25, 0.3) is 0 Å². The number of carbonyl (C=O) groups excluding carboxylic acids is 1. The van der Waals surface area contributed by atoms with Crippen LogP contribution in [0.4, 0.5) is 0 Å². The number of methoxy groups -OCH3 is 1. The van der Waals surface area contributed by atoms with Crippen molar-refractivity contribution in [2.45, 2.75) is 44.2 Å². The summed E-state index contributed by atoms with van der Waals surface area (Å²) in [5.41, 5.74) is 3.38. The minimum atomic E-state index is -0.399. The molecule has 2 aliphatic heterocycles. The highest BCUT2D eigenvalue weighted by atomic mass is 16.5. The second-order valence-corrected chi connectivity index (χ2v) is 6.99. The van der Waals surface area contributed by atoms with Crippen molar-refractivity contribution in [3.8, 4) is 11.5 Å². The monoisotopic (exact) mass is 313 g/mol. The molecular weight excluding hydrogens is 290 g/mol. The molecule has 0 saturated carbocycles. The SMILES string of the molecule is COc1ccc(C)c2c1O[C@H]1C(=O)CC=C3C(C)N(C)CC[C@]321. The number of hydrogen-bond donors (Lipinski definition) is 0. The van der Waals surface area contributed by atoms with E-state index in [4.69, 9.17) is 9.47 Å². The topological polar surface area (TPSA) is 38.8 Å². The van der Waals surface area contributed by atoms with Crippen LogP contribution in [-0.4, -0.2) is 43.5 Å². The van der Waals surface area contributed by atoms with E-state index < -0.39 is 6.10 Å². The fourth-order valence-electron chi connectivity index (χ4n) is 4.71. The zero-order valence-corrected chi connectivity index (χ0v) is 14.2. The molecule has 0 amide bonds. The second kappa shape index (κ2) is 4.84. The molecule has 2 heterocycles. The predicted octanol–water partition coefficient (Wildman–Crippen LogP) is 2.63. The maximum Gasteiger partial charge on any atom is 0.178 e. The van der Waals surface area contributed by atoms with Crippen LogP contribution in [-0.2, 0) is 10.2 Å². The Hall–Kier alpha value is -1.81. The highest BCUT2D eigenvalue weighted by molar-refractivity contribution is 5.91. The Kier molecular flexibility index (Phi) is 3.11. The molecule has 0 aromatic heterocycles. The van der Waals surface area contributed by atoms with E-state index in [2.05, 4.69) is 37.9 Å². The number of likely N-dealkylation sites (N-methyl/N-ethyl adjacent to an activating group) is 1. The summed E-state index contributed by atoms with van der Waals surface area (Å²) in [6.07, 6.45) is 3.13. The lowest BCUT2D eigenvalue weighted by Crippen LogP contribution is -2.57. The van der Waals surface area contributed by atoms with Crippen molar-refractivity contribution < 1.29 is 14.3 Å². The van der Waals surface area contributed by atoms with Gasteiger partial charge in [-0.05, 0) is 51.1 Å². The Morgan fingerprint density at radius 2 is 2.17 bits per heavy atom. The third kappa shape index (κ3) is 1.73. The van der Waals surface area contributed by atoms with Gasteiger partial charge in [0.2, 0.25) is 0 Å². The molecule has 1 aliphatic carbocycles. The number of nitrogens with zero attached hydrogens (tertiary/aromatic N) is 1. The van der Waals surface area contributed by atoms with Gasteiger partial charge in [0.25, 0.3) is 0 Å². The lowest BCUT2D eigenvalue weighted by molar-refractivity contribution is -0.127. The average molecular weight is 313 g/mol. The van der Waals surface area contributed by atoms with Crippen LogP contribution in [0.5, 0.6) is 11.5 Å². The molecule has 0 N–H and O–H groups in total. The zero-order valence-electron chi connectivity index (χ0n) is 14.2. The first-order chi connectivity index (χ1) is 11.0. The Balaban J connectivity index is 2.00. The van der Waals surface area contributed by atoms with Gasteiger partial charge in [-0.3, -0.25) is 9.69 Å². The standard InChI is InChI=1S/C19H23NO3/c1-11-5-8-15(22-4)17-16(11)19-9-10-20(3)12(2)13(19)6-7-14(21)18(19)23-17/h5-6,8,12,18H,7,9-10H2,1-4H3/t12?,18-,19-/m0/s1. The lowest BCUT2D eigenvalue weighted by Gasteiger charge is -2.48. The lowest BCUT2D eigenvalue weighted by atomic mass is 9.60. The molecule has 23 heavy (non-hydrogen) atoms. The van der Waals surface area contributed by atoms with Gasteiger partial charge in [-0.15, -0.1) is 0 Å². The Labute approximate surface area is 137 Å². The van der Waals surface area contributed by atoms with Crippen molar-refractivity contribution in [3.63, 3.8) is 0 Å². The molecule has 1 saturated heterocycles.